The molecule has 0 bridgehead atoms. The van der Waals surface area contributed by atoms with Gasteiger partial charge < -0.3 is 9.64 Å². The van der Waals surface area contributed by atoms with Crippen molar-refractivity contribution >= 4 is 17.5 Å². The van der Waals surface area contributed by atoms with Gasteiger partial charge in [0.1, 0.15) is 6.10 Å². The summed E-state index contributed by atoms with van der Waals surface area (Å²) in [6, 6.07) is 3.82. The monoisotopic (exact) mass is 323 g/mol. The Bertz CT molecular complexity index is 515. The summed E-state index contributed by atoms with van der Waals surface area (Å²) in [6.45, 7) is 6.11. The zero-order valence-electron chi connectivity index (χ0n) is 12.9. The van der Waals surface area contributed by atoms with Gasteiger partial charge in [0.2, 0.25) is 0 Å². The van der Waals surface area contributed by atoms with Crippen molar-refractivity contribution in [1.29, 1.82) is 0 Å². The highest BCUT2D eigenvalue weighted by Crippen LogP contribution is 2.21. The SMILES string of the molecule is C[C@@H]1CC[C@@H](C(=O)N2CCN(Cc3ccc(Cl)cn3)CC2)O1. The van der Waals surface area contributed by atoms with E-state index in [1.165, 1.54) is 0 Å². The first-order valence-corrected chi connectivity index (χ1v) is 8.26. The molecule has 2 saturated heterocycles. The summed E-state index contributed by atoms with van der Waals surface area (Å²) >= 11 is 5.85. The van der Waals surface area contributed by atoms with Gasteiger partial charge in [-0.15, -0.1) is 0 Å². The Morgan fingerprint density at radius 3 is 2.68 bits per heavy atom. The average Bonchev–Trinajstić information content (AvgIpc) is 2.96. The molecule has 2 aliphatic rings. The van der Waals surface area contributed by atoms with Gasteiger partial charge in [-0.1, -0.05) is 11.6 Å². The lowest BCUT2D eigenvalue weighted by Crippen LogP contribution is -2.51. The van der Waals surface area contributed by atoms with E-state index in [-0.39, 0.29) is 18.1 Å². The lowest BCUT2D eigenvalue weighted by molar-refractivity contribution is -0.144. The molecule has 0 unspecified atom stereocenters. The normalized spacial score (nSPS) is 26.4. The second kappa shape index (κ2) is 6.94. The van der Waals surface area contributed by atoms with Gasteiger partial charge >= 0.3 is 0 Å². The zero-order chi connectivity index (χ0) is 15.5. The van der Waals surface area contributed by atoms with Crippen molar-refractivity contribution < 1.29 is 9.53 Å². The molecule has 1 aromatic rings. The molecule has 0 radical (unpaired) electrons. The van der Waals surface area contributed by atoms with E-state index in [9.17, 15) is 4.79 Å². The fraction of sp³-hybridized carbons (Fsp3) is 0.625. The van der Waals surface area contributed by atoms with Crippen LogP contribution < -0.4 is 0 Å². The van der Waals surface area contributed by atoms with E-state index >= 15 is 0 Å². The smallest absolute Gasteiger partial charge is 0.251 e. The van der Waals surface area contributed by atoms with Gasteiger partial charge in [-0.25, -0.2) is 0 Å². The molecular weight excluding hydrogens is 302 g/mol. The highest BCUT2D eigenvalue weighted by atomic mass is 35.5. The molecule has 2 fully saturated rings. The third kappa shape index (κ3) is 3.77. The second-order valence-electron chi connectivity index (χ2n) is 6.08. The van der Waals surface area contributed by atoms with Crippen molar-refractivity contribution in [3.8, 4) is 0 Å². The molecule has 120 valence electrons. The van der Waals surface area contributed by atoms with Crippen LogP contribution in [0.15, 0.2) is 18.3 Å². The number of pyridine rings is 1. The van der Waals surface area contributed by atoms with E-state index in [4.69, 9.17) is 16.3 Å². The predicted molar refractivity (Wildman–Crippen MR) is 84.7 cm³/mol. The molecule has 3 rings (SSSR count). The Balaban J connectivity index is 1.48. The molecule has 0 aromatic carbocycles. The minimum Gasteiger partial charge on any atom is -0.365 e. The lowest BCUT2D eigenvalue weighted by Gasteiger charge is -2.35. The van der Waals surface area contributed by atoms with Gasteiger partial charge in [0.15, 0.2) is 0 Å². The number of amides is 1. The van der Waals surface area contributed by atoms with Crippen LogP contribution in [-0.4, -0.2) is 59.1 Å². The van der Waals surface area contributed by atoms with Gasteiger partial charge in [-0.05, 0) is 31.9 Å². The lowest BCUT2D eigenvalue weighted by atomic mass is 10.1. The number of carbonyl (C=O) groups is 1. The van der Waals surface area contributed by atoms with Crippen LogP contribution in [0.25, 0.3) is 0 Å². The fourth-order valence-corrected chi connectivity index (χ4v) is 3.16. The van der Waals surface area contributed by atoms with Crippen LogP contribution in [0, 0.1) is 0 Å². The maximum atomic E-state index is 12.4. The third-order valence-corrected chi connectivity index (χ3v) is 4.59. The van der Waals surface area contributed by atoms with E-state index < -0.39 is 0 Å². The summed E-state index contributed by atoms with van der Waals surface area (Å²) in [5.74, 6) is 0.161. The number of hydrogen-bond donors (Lipinski definition) is 0. The van der Waals surface area contributed by atoms with Crippen LogP contribution in [0.1, 0.15) is 25.5 Å². The first-order valence-electron chi connectivity index (χ1n) is 7.89. The molecule has 0 saturated carbocycles. The molecule has 6 heteroatoms. The second-order valence-corrected chi connectivity index (χ2v) is 6.52. The van der Waals surface area contributed by atoms with Crippen molar-refractivity contribution in [3.63, 3.8) is 0 Å². The molecule has 2 aliphatic heterocycles. The first-order chi connectivity index (χ1) is 10.6. The molecule has 0 spiro atoms. The molecule has 22 heavy (non-hydrogen) atoms. The number of hydrogen-bond acceptors (Lipinski definition) is 4. The van der Waals surface area contributed by atoms with E-state index in [2.05, 4.69) is 9.88 Å². The van der Waals surface area contributed by atoms with Crippen LogP contribution in [0.4, 0.5) is 0 Å². The molecule has 1 aromatic heterocycles. The Hall–Kier alpha value is -1.17. The number of rotatable bonds is 3. The maximum absolute atomic E-state index is 12.4. The molecule has 5 nitrogen and oxygen atoms in total. The highest BCUT2D eigenvalue weighted by Gasteiger charge is 2.32. The predicted octanol–water partition coefficient (Wildman–Crippen LogP) is 1.95. The largest absolute Gasteiger partial charge is 0.365 e. The van der Waals surface area contributed by atoms with E-state index in [0.717, 1.165) is 51.3 Å². The Morgan fingerprint density at radius 1 is 1.32 bits per heavy atom. The van der Waals surface area contributed by atoms with Crippen molar-refractivity contribution in [3.05, 3.63) is 29.0 Å². The maximum Gasteiger partial charge on any atom is 0.251 e. The molecule has 1 amide bonds. The van der Waals surface area contributed by atoms with Crippen LogP contribution in [0.5, 0.6) is 0 Å². The van der Waals surface area contributed by atoms with Gasteiger partial charge in [0.05, 0.1) is 16.8 Å². The van der Waals surface area contributed by atoms with Gasteiger partial charge in [-0.3, -0.25) is 14.7 Å². The van der Waals surface area contributed by atoms with E-state index in [0.29, 0.717) is 5.02 Å². The summed E-state index contributed by atoms with van der Waals surface area (Å²) in [5.41, 5.74) is 1.01. The minimum atomic E-state index is -0.223. The van der Waals surface area contributed by atoms with Crippen molar-refractivity contribution in [1.82, 2.24) is 14.8 Å². The third-order valence-electron chi connectivity index (χ3n) is 4.37. The number of piperazine rings is 1. The quantitative estimate of drug-likeness (QED) is 0.853. The summed E-state index contributed by atoms with van der Waals surface area (Å²) in [7, 11) is 0. The van der Waals surface area contributed by atoms with E-state index in [1.54, 1.807) is 6.20 Å². The summed E-state index contributed by atoms with van der Waals surface area (Å²) in [5, 5.41) is 0.657. The topological polar surface area (TPSA) is 45.7 Å². The number of carbonyl (C=O) groups excluding carboxylic acids is 1. The highest BCUT2D eigenvalue weighted by molar-refractivity contribution is 6.30. The Morgan fingerprint density at radius 2 is 2.09 bits per heavy atom. The average molecular weight is 324 g/mol. The molecule has 3 heterocycles. The van der Waals surface area contributed by atoms with Crippen molar-refractivity contribution in [2.75, 3.05) is 26.2 Å². The van der Waals surface area contributed by atoms with Crippen molar-refractivity contribution in [2.24, 2.45) is 0 Å². The van der Waals surface area contributed by atoms with Gasteiger partial charge in [-0.2, -0.15) is 0 Å². The molecule has 2 atom stereocenters. The van der Waals surface area contributed by atoms with Crippen LogP contribution >= 0.6 is 11.6 Å². The Kier molecular flexibility index (Phi) is 4.96. The standard InChI is InChI=1S/C16H22ClN3O2/c1-12-2-5-15(22-12)16(21)20-8-6-19(7-9-20)11-14-4-3-13(17)10-18-14/h3-4,10,12,15H,2,5-9,11H2,1H3/t12-,15+/m1/s1. The minimum absolute atomic E-state index is 0.161. The number of nitrogens with zero attached hydrogens (tertiary/aromatic N) is 3. The van der Waals surface area contributed by atoms with Crippen LogP contribution in [0.2, 0.25) is 5.02 Å². The number of aromatic nitrogens is 1. The first kappa shape index (κ1) is 15.7. The fourth-order valence-electron chi connectivity index (χ4n) is 3.04. The Labute approximate surface area is 136 Å². The number of halogens is 1. The zero-order valence-corrected chi connectivity index (χ0v) is 13.6. The number of ether oxygens (including phenoxy) is 1. The van der Waals surface area contributed by atoms with Crippen LogP contribution in [0.3, 0.4) is 0 Å². The molecule has 0 N–H and O–H groups in total. The summed E-state index contributed by atoms with van der Waals surface area (Å²) in [4.78, 5) is 21.0. The van der Waals surface area contributed by atoms with Gasteiger partial charge in [0.25, 0.3) is 5.91 Å². The van der Waals surface area contributed by atoms with Gasteiger partial charge in [0, 0.05) is 38.9 Å². The van der Waals surface area contributed by atoms with E-state index in [1.807, 2.05) is 24.0 Å². The summed E-state index contributed by atoms with van der Waals surface area (Å²) < 4.78 is 5.68. The summed E-state index contributed by atoms with van der Waals surface area (Å²) in [6.07, 6.45) is 3.51. The molecular formula is C16H22ClN3O2. The van der Waals surface area contributed by atoms with Crippen LogP contribution in [-0.2, 0) is 16.1 Å². The molecule has 0 aliphatic carbocycles. The van der Waals surface area contributed by atoms with Crippen molar-refractivity contribution in [2.45, 2.75) is 38.5 Å².